The largest absolute Gasteiger partial charge is 0.223 e. The van der Waals surface area contributed by atoms with E-state index in [9.17, 15) is 0 Å². The number of para-hydroxylation sites is 1. The molecule has 5 heteroatoms. The van der Waals surface area contributed by atoms with Crippen molar-refractivity contribution in [1.29, 1.82) is 0 Å². The molecule has 0 saturated heterocycles. The highest BCUT2D eigenvalue weighted by molar-refractivity contribution is 7.22. The van der Waals surface area contributed by atoms with Gasteiger partial charge >= 0.3 is 0 Å². The fourth-order valence-corrected chi connectivity index (χ4v) is 3.09. The molecule has 0 saturated carbocycles. The van der Waals surface area contributed by atoms with Crippen LogP contribution in [-0.4, -0.2) is 17.2 Å². The van der Waals surface area contributed by atoms with Crippen molar-refractivity contribution < 1.29 is 0 Å². The van der Waals surface area contributed by atoms with Gasteiger partial charge in [0.15, 0.2) is 0 Å². The first kappa shape index (κ1) is 11.6. The monoisotopic (exact) mass is 280 g/mol. The van der Waals surface area contributed by atoms with Crippen LogP contribution in [0.1, 0.15) is 5.56 Å². The van der Waals surface area contributed by atoms with Gasteiger partial charge in [0.2, 0.25) is 5.13 Å². The first-order valence-corrected chi connectivity index (χ1v) is 7.24. The molecule has 0 bridgehead atoms. The van der Waals surface area contributed by atoms with Crippen LogP contribution in [0.3, 0.4) is 0 Å². The number of nitrogens with one attached hydrogen (secondary N) is 1. The van der Waals surface area contributed by atoms with Gasteiger partial charge in [0.25, 0.3) is 0 Å². The Labute approximate surface area is 120 Å². The summed E-state index contributed by atoms with van der Waals surface area (Å²) in [6.07, 6.45) is 0. The van der Waals surface area contributed by atoms with Gasteiger partial charge in [-0.25, -0.2) is 10.4 Å². The molecular weight excluding hydrogens is 268 g/mol. The highest BCUT2D eigenvalue weighted by Crippen LogP contribution is 2.28. The zero-order chi connectivity index (χ0) is 13.4. The second-order valence-electron chi connectivity index (χ2n) is 4.52. The minimum absolute atomic E-state index is 0.722. The van der Waals surface area contributed by atoms with Crippen molar-refractivity contribution in [1.82, 2.24) is 10.4 Å². The fourth-order valence-electron chi connectivity index (χ4n) is 2.19. The molecule has 20 heavy (non-hydrogen) atoms. The lowest BCUT2D eigenvalue weighted by molar-refractivity contribution is 0.754. The first-order valence-electron chi connectivity index (χ1n) is 6.42. The lowest BCUT2D eigenvalue weighted by atomic mass is 10.1. The van der Waals surface area contributed by atoms with Gasteiger partial charge in [-0.05, 0) is 17.7 Å². The molecule has 0 amide bonds. The predicted octanol–water partition coefficient (Wildman–Crippen LogP) is 3.03. The zero-order valence-corrected chi connectivity index (χ0v) is 11.5. The van der Waals surface area contributed by atoms with E-state index in [0.29, 0.717) is 0 Å². The number of fused-ring (bicyclic) bond motifs is 1. The highest BCUT2D eigenvalue weighted by Gasteiger charge is 2.19. The molecular formula is C15H12N4S. The maximum atomic E-state index is 4.61. The number of hydrazine groups is 1. The quantitative estimate of drug-likeness (QED) is 0.784. The standard InChI is InChI=1S/C15H12N4S/c1-2-6-11(7-3-1)13-10-16-19(18-13)15-17-12-8-4-5-9-14(12)20-15/h1-9,16H,10H2. The summed E-state index contributed by atoms with van der Waals surface area (Å²) < 4.78 is 1.17. The van der Waals surface area contributed by atoms with Crippen molar-refractivity contribution in [3.05, 3.63) is 60.2 Å². The molecule has 0 spiro atoms. The van der Waals surface area contributed by atoms with Crippen LogP contribution in [-0.2, 0) is 0 Å². The van der Waals surface area contributed by atoms with E-state index < -0.39 is 0 Å². The van der Waals surface area contributed by atoms with E-state index in [4.69, 9.17) is 0 Å². The Morgan fingerprint density at radius 3 is 2.65 bits per heavy atom. The highest BCUT2D eigenvalue weighted by atomic mass is 32.1. The molecule has 0 fully saturated rings. The van der Waals surface area contributed by atoms with Gasteiger partial charge in [-0.3, -0.25) is 0 Å². The van der Waals surface area contributed by atoms with Crippen LogP contribution in [0.15, 0.2) is 59.7 Å². The molecule has 1 N–H and O–H groups in total. The lowest BCUT2D eigenvalue weighted by Gasteiger charge is -2.07. The van der Waals surface area contributed by atoms with Crippen LogP contribution in [0, 0.1) is 0 Å². The van der Waals surface area contributed by atoms with Gasteiger partial charge in [-0.2, -0.15) is 10.2 Å². The molecule has 1 aromatic heterocycles. The molecule has 1 aliphatic rings. The lowest BCUT2D eigenvalue weighted by Crippen LogP contribution is -2.28. The number of benzene rings is 2. The van der Waals surface area contributed by atoms with Crippen molar-refractivity contribution >= 4 is 32.4 Å². The summed E-state index contributed by atoms with van der Waals surface area (Å²) in [6, 6.07) is 18.3. The average Bonchev–Trinajstić information content (AvgIpc) is 3.14. The second kappa shape index (κ2) is 4.70. The van der Waals surface area contributed by atoms with E-state index in [0.717, 1.165) is 28.5 Å². The molecule has 2 heterocycles. The van der Waals surface area contributed by atoms with Gasteiger partial charge in [0.1, 0.15) is 0 Å². The Morgan fingerprint density at radius 2 is 1.80 bits per heavy atom. The smallest absolute Gasteiger partial charge is 0.217 e. The molecule has 0 atom stereocenters. The maximum absolute atomic E-state index is 4.61. The van der Waals surface area contributed by atoms with Crippen LogP contribution in [0.4, 0.5) is 5.13 Å². The third-order valence-electron chi connectivity index (χ3n) is 3.19. The van der Waals surface area contributed by atoms with Gasteiger partial charge < -0.3 is 0 Å². The van der Waals surface area contributed by atoms with Crippen molar-refractivity contribution in [2.24, 2.45) is 5.10 Å². The molecule has 4 nitrogen and oxygen atoms in total. The Hall–Kier alpha value is -2.24. The molecule has 98 valence electrons. The number of anilines is 1. The van der Waals surface area contributed by atoms with Gasteiger partial charge in [0, 0.05) is 0 Å². The number of hydrogen-bond acceptors (Lipinski definition) is 5. The SMILES string of the molecule is c1ccc(C2=NN(c3nc4ccccc4s3)NC2)cc1. The van der Waals surface area contributed by atoms with E-state index >= 15 is 0 Å². The Kier molecular flexibility index (Phi) is 2.72. The summed E-state index contributed by atoms with van der Waals surface area (Å²) in [5.74, 6) is 0. The molecule has 4 rings (SSSR count). The molecule has 3 aromatic rings. The van der Waals surface area contributed by atoms with Crippen molar-refractivity contribution in [2.75, 3.05) is 11.7 Å². The zero-order valence-electron chi connectivity index (χ0n) is 10.7. The third-order valence-corrected chi connectivity index (χ3v) is 4.20. The predicted molar refractivity (Wildman–Crippen MR) is 83.1 cm³/mol. The molecule has 2 aromatic carbocycles. The number of thiazole rings is 1. The van der Waals surface area contributed by atoms with E-state index in [2.05, 4.69) is 33.7 Å². The normalized spacial score (nSPS) is 14.8. The topological polar surface area (TPSA) is 40.5 Å². The van der Waals surface area contributed by atoms with E-state index in [1.54, 1.807) is 16.5 Å². The van der Waals surface area contributed by atoms with E-state index in [1.165, 1.54) is 4.70 Å². The molecule has 1 aliphatic heterocycles. The second-order valence-corrected chi connectivity index (χ2v) is 5.53. The van der Waals surface area contributed by atoms with Crippen molar-refractivity contribution in [3.63, 3.8) is 0 Å². The summed E-state index contributed by atoms with van der Waals surface area (Å²) in [7, 11) is 0. The average molecular weight is 280 g/mol. The number of hydrogen-bond donors (Lipinski definition) is 1. The van der Waals surface area contributed by atoms with Crippen molar-refractivity contribution in [2.45, 2.75) is 0 Å². The third kappa shape index (κ3) is 1.97. The van der Waals surface area contributed by atoms with Gasteiger partial charge in [-0.1, -0.05) is 53.8 Å². The minimum atomic E-state index is 0.722. The van der Waals surface area contributed by atoms with Crippen molar-refractivity contribution in [3.8, 4) is 0 Å². The van der Waals surface area contributed by atoms with Gasteiger partial charge in [0.05, 0.1) is 22.5 Å². The summed E-state index contributed by atoms with van der Waals surface area (Å²) >= 11 is 1.64. The van der Waals surface area contributed by atoms with Crippen LogP contribution >= 0.6 is 11.3 Å². The molecule has 0 unspecified atom stereocenters. The summed E-state index contributed by atoms with van der Waals surface area (Å²) in [5, 5.41) is 7.25. The molecule has 0 aliphatic carbocycles. The number of hydrazone groups is 1. The fraction of sp³-hybridized carbons (Fsp3) is 0.0667. The van der Waals surface area contributed by atoms with Crippen LogP contribution < -0.4 is 10.5 Å². The number of rotatable bonds is 2. The minimum Gasteiger partial charge on any atom is -0.217 e. The van der Waals surface area contributed by atoms with E-state index in [1.807, 2.05) is 36.4 Å². The Bertz CT molecular complexity index is 746. The Morgan fingerprint density at radius 1 is 1.00 bits per heavy atom. The van der Waals surface area contributed by atoms with E-state index in [-0.39, 0.29) is 0 Å². The van der Waals surface area contributed by atoms with Gasteiger partial charge in [-0.15, -0.1) is 0 Å². The maximum Gasteiger partial charge on any atom is 0.223 e. The number of nitrogens with zero attached hydrogens (tertiary/aromatic N) is 3. The van der Waals surface area contributed by atoms with Crippen LogP contribution in [0.2, 0.25) is 0 Å². The summed E-state index contributed by atoms with van der Waals surface area (Å²) in [5.41, 5.74) is 6.45. The van der Waals surface area contributed by atoms with Crippen LogP contribution in [0.5, 0.6) is 0 Å². The Balaban J connectivity index is 1.68. The number of aromatic nitrogens is 1. The summed E-state index contributed by atoms with van der Waals surface area (Å²) in [4.78, 5) is 4.60. The molecule has 0 radical (unpaired) electrons. The van der Waals surface area contributed by atoms with Crippen LogP contribution in [0.25, 0.3) is 10.2 Å². The first-order chi connectivity index (χ1) is 9.90. The summed E-state index contributed by atoms with van der Waals surface area (Å²) in [6.45, 7) is 0.722.